The van der Waals surface area contributed by atoms with Crippen molar-refractivity contribution in [1.82, 2.24) is 15.1 Å². The Balaban J connectivity index is 1.61. The average molecular weight is 503 g/mol. The number of fused-ring (bicyclic) bond motifs is 1. The Bertz CT molecular complexity index is 1050. The highest BCUT2D eigenvalue weighted by Crippen LogP contribution is 2.46. The topological polar surface area (TPSA) is 59.0 Å². The van der Waals surface area contributed by atoms with Crippen LogP contribution in [0.1, 0.15) is 39.4 Å². The van der Waals surface area contributed by atoms with Crippen molar-refractivity contribution in [2.24, 2.45) is 0 Å². The van der Waals surface area contributed by atoms with Crippen molar-refractivity contribution in [1.29, 1.82) is 0 Å². The molecule has 2 atom stereocenters. The lowest BCUT2D eigenvalue weighted by molar-refractivity contribution is -0.173. The first-order chi connectivity index (χ1) is 14.2. The largest absolute Gasteiger partial charge is 0.410 e. The van der Waals surface area contributed by atoms with Gasteiger partial charge in [0.05, 0.1) is 10.5 Å². The molecule has 4 rings (SSSR count). The molecule has 0 saturated heterocycles. The molecule has 3 aromatic rings. The van der Waals surface area contributed by atoms with E-state index >= 15 is 0 Å². The van der Waals surface area contributed by atoms with Gasteiger partial charge in [0.2, 0.25) is 0 Å². The predicted molar refractivity (Wildman–Crippen MR) is 108 cm³/mol. The zero-order valence-electron chi connectivity index (χ0n) is 15.2. The van der Waals surface area contributed by atoms with Crippen LogP contribution in [-0.2, 0) is 6.54 Å². The Morgan fingerprint density at radius 2 is 2.03 bits per heavy atom. The first kappa shape index (κ1) is 20.9. The van der Waals surface area contributed by atoms with E-state index in [0.717, 1.165) is 9.56 Å². The normalized spacial score (nSPS) is 18.6. The Labute approximate surface area is 181 Å². The van der Waals surface area contributed by atoms with E-state index in [2.05, 4.69) is 31.7 Å². The van der Waals surface area contributed by atoms with E-state index in [1.807, 2.05) is 0 Å². The van der Waals surface area contributed by atoms with Crippen molar-refractivity contribution in [2.75, 3.05) is 5.32 Å². The van der Waals surface area contributed by atoms with Gasteiger partial charge < -0.3 is 10.6 Å². The summed E-state index contributed by atoms with van der Waals surface area (Å²) in [5, 5.41) is 11.4. The van der Waals surface area contributed by atoms with Gasteiger partial charge in [0.15, 0.2) is 11.7 Å². The third-order valence-corrected chi connectivity index (χ3v) is 6.50. The number of benzene rings is 1. The van der Waals surface area contributed by atoms with Crippen molar-refractivity contribution >= 4 is 39.0 Å². The SMILES string of the molecule is O=C(NCc1ccc(F)cc1)c1nn2c(c1Br)NC(c1cccs1)CC2C(F)(F)F. The lowest BCUT2D eigenvalue weighted by Gasteiger charge is -2.33. The van der Waals surface area contributed by atoms with Crippen molar-refractivity contribution < 1.29 is 22.4 Å². The molecule has 3 heterocycles. The summed E-state index contributed by atoms with van der Waals surface area (Å²) >= 11 is 4.60. The highest BCUT2D eigenvalue weighted by atomic mass is 79.9. The highest BCUT2D eigenvalue weighted by Gasteiger charge is 2.47. The van der Waals surface area contributed by atoms with Crippen LogP contribution in [0.2, 0.25) is 0 Å². The first-order valence-electron chi connectivity index (χ1n) is 8.91. The molecule has 11 heteroatoms. The third kappa shape index (κ3) is 4.08. The predicted octanol–water partition coefficient (Wildman–Crippen LogP) is 5.44. The van der Waals surface area contributed by atoms with Gasteiger partial charge in [0, 0.05) is 17.8 Å². The molecule has 1 aliphatic heterocycles. The number of nitrogens with zero attached hydrogens (tertiary/aromatic N) is 2. The Kier molecular flexibility index (Phi) is 5.58. The maximum atomic E-state index is 13.7. The number of carbonyl (C=O) groups is 1. The van der Waals surface area contributed by atoms with E-state index in [1.54, 1.807) is 17.5 Å². The summed E-state index contributed by atoms with van der Waals surface area (Å²) < 4.78 is 55.2. The molecule has 5 nitrogen and oxygen atoms in total. The fourth-order valence-corrected chi connectivity index (χ4v) is 4.63. The van der Waals surface area contributed by atoms with Crippen LogP contribution in [0.5, 0.6) is 0 Å². The van der Waals surface area contributed by atoms with Crippen molar-refractivity contribution in [2.45, 2.75) is 31.2 Å². The second-order valence-corrected chi connectivity index (χ2v) is 8.54. The lowest BCUT2D eigenvalue weighted by atomic mass is 10.0. The summed E-state index contributed by atoms with van der Waals surface area (Å²) in [7, 11) is 0. The van der Waals surface area contributed by atoms with Crippen LogP contribution < -0.4 is 10.6 Å². The first-order valence-corrected chi connectivity index (χ1v) is 10.6. The summed E-state index contributed by atoms with van der Waals surface area (Å²) in [4.78, 5) is 13.4. The zero-order valence-corrected chi connectivity index (χ0v) is 17.6. The number of carbonyl (C=O) groups excluding carboxylic acids is 1. The molecule has 30 heavy (non-hydrogen) atoms. The summed E-state index contributed by atoms with van der Waals surface area (Å²) in [5.41, 5.74) is 0.495. The van der Waals surface area contributed by atoms with Crippen LogP contribution in [0, 0.1) is 5.82 Å². The van der Waals surface area contributed by atoms with Gasteiger partial charge in [-0.15, -0.1) is 11.3 Å². The van der Waals surface area contributed by atoms with Gasteiger partial charge in [-0.3, -0.25) is 4.79 Å². The molecule has 158 valence electrons. The standard InChI is InChI=1S/C19H15BrF4N4OS/c20-15-16(18(29)25-9-10-3-5-11(21)6-4-10)27-28-14(19(22,23)24)8-12(26-17(15)28)13-2-1-7-30-13/h1-7,12,14,26H,8-9H2,(H,25,29). The minimum absolute atomic E-state index is 0.0850. The molecule has 1 aliphatic rings. The van der Waals surface area contributed by atoms with E-state index < -0.39 is 30.0 Å². The maximum absolute atomic E-state index is 13.7. The third-order valence-electron chi connectivity index (χ3n) is 4.76. The fraction of sp³-hybridized carbons (Fsp3) is 0.263. The number of nitrogens with one attached hydrogen (secondary N) is 2. The number of hydrogen-bond acceptors (Lipinski definition) is 4. The quantitative estimate of drug-likeness (QED) is 0.467. The number of alkyl halides is 3. The molecule has 2 unspecified atom stereocenters. The minimum atomic E-state index is -4.53. The molecule has 0 aliphatic carbocycles. The van der Waals surface area contributed by atoms with Crippen LogP contribution in [-0.4, -0.2) is 21.9 Å². The number of anilines is 1. The monoisotopic (exact) mass is 502 g/mol. The summed E-state index contributed by atoms with van der Waals surface area (Å²) in [6, 6.07) is 6.67. The number of amides is 1. The summed E-state index contributed by atoms with van der Waals surface area (Å²) in [6.45, 7) is 0.0850. The maximum Gasteiger partial charge on any atom is 0.410 e. The van der Waals surface area contributed by atoms with Gasteiger partial charge in [-0.2, -0.15) is 18.3 Å². The van der Waals surface area contributed by atoms with E-state index in [4.69, 9.17) is 0 Å². The van der Waals surface area contributed by atoms with Crippen LogP contribution in [0.3, 0.4) is 0 Å². The summed E-state index contributed by atoms with van der Waals surface area (Å²) in [6.07, 6.45) is -4.76. The molecule has 0 saturated carbocycles. The van der Waals surface area contributed by atoms with Crippen LogP contribution >= 0.6 is 27.3 Å². The molecular formula is C19H15BrF4N4OS. The van der Waals surface area contributed by atoms with Gasteiger partial charge in [0.25, 0.3) is 5.91 Å². The molecule has 0 radical (unpaired) electrons. The summed E-state index contributed by atoms with van der Waals surface area (Å²) in [5.74, 6) is -0.934. The second kappa shape index (κ2) is 8.03. The Morgan fingerprint density at radius 3 is 2.67 bits per heavy atom. The molecule has 2 aromatic heterocycles. The molecule has 0 fully saturated rings. The van der Waals surface area contributed by atoms with Crippen LogP contribution in [0.4, 0.5) is 23.4 Å². The van der Waals surface area contributed by atoms with Gasteiger partial charge in [-0.05, 0) is 45.1 Å². The molecule has 1 amide bonds. The Hall–Kier alpha value is -2.40. The number of aromatic nitrogens is 2. The van der Waals surface area contributed by atoms with Crippen molar-refractivity contribution in [3.05, 3.63) is 68.2 Å². The smallest absolute Gasteiger partial charge is 0.362 e. The molecule has 0 spiro atoms. The van der Waals surface area contributed by atoms with E-state index in [0.29, 0.717) is 5.56 Å². The minimum Gasteiger partial charge on any atom is -0.362 e. The molecular weight excluding hydrogens is 488 g/mol. The molecule has 0 bridgehead atoms. The Morgan fingerprint density at radius 1 is 1.30 bits per heavy atom. The van der Waals surface area contributed by atoms with Gasteiger partial charge in [-0.1, -0.05) is 18.2 Å². The number of hydrogen-bond donors (Lipinski definition) is 2. The van der Waals surface area contributed by atoms with Crippen molar-refractivity contribution in [3.8, 4) is 0 Å². The van der Waals surface area contributed by atoms with Gasteiger partial charge in [-0.25, -0.2) is 9.07 Å². The number of halogens is 5. The highest BCUT2D eigenvalue weighted by molar-refractivity contribution is 9.10. The number of thiophene rings is 1. The van der Waals surface area contributed by atoms with Gasteiger partial charge in [0.1, 0.15) is 11.6 Å². The average Bonchev–Trinajstić information content (AvgIpc) is 3.34. The van der Waals surface area contributed by atoms with Crippen molar-refractivity contribution in [3.63, 3.8) is 0 Å². The number of rotatable bonds is 4. The lowest BCUT2D eigenvalue weighted by Crippen LogP contribution is -2.35. The van der Waals surface area contributed by atoms with E-state index in [1.165, 1.54) is 35.6 Å². The molecule has 1 aromatic carbocycles. The van der Waals surface area contributed by atoms with Crippen LogP contribution in [0.15, 0.2) is 46.3 Å². The van der Waals surface area contributed by atoms with Crippen LogP contribution in [0.25, 0.3) is 0 Å². The van der Waals surface area contributed by atoms with E-state index in [9.17, 15) is 22.4 Å². The zero-order chi connectivity index (χ0) is 21.5. The van der Waals surface area contributed by atoms with E-state index in [-0.39, 0.29) is 29.0 Å². The molecule has 2 N–H and O–H groups in total. The van der Waals surface area contributed by atoms with Gasteiger partial charge >= 0.3 is 6.18 Å². The second-order valence-electron chi connectivity index (χ2n) is 6.77. The fourth-order valence-electron chi connectivity index (χ4n) is 3.28.